The van der Waals surface area contributed by atoms with Crippen LogP contribution < -0.4 is 11.1 Å². The molecule has 2 rings (SSSR count). The fourth-order valence-corrected chi connectivity index (χ4v) is 2.65. The molecule has 1 atom stereocenters. The van der Waals surface area contributed by atoms with Crippen molar-refractivity contribution in [2.24, 2.45) is 17.1 Å². The van der Waals surface area contributed by atoms with Gasteiger partial charge in [-0.15, -0.1) is 0 Å². The summed E-state index contributed by atoms with van der Waals surface area (Å²) in [6.07, 6.45) is 5.31. The minimum absolute atomic E-state index is 0.0272. The van der Waals surface area contributed by atoms with Gasteiger partial charge in [-0.25, -0.2) is 0 Å². The van der Waals surface area contributed by atoms with Crippen molar-refractivity contribution in [1.29, 1.82) is 0 Å². The van der Waals surface area contributed by atoms with E-state index >= 15 is 0 Å². The van der Waals surface area contributed by atoms with Crippen molar-refractivity contribution in [3.63, 3.8) is 0 Å². The summed E-state index contributed by atoms with van der Waals surface area (Å²) in [6, 6.07) is -0.0272. The number of aromatic amines is 1. The molecule has 1 amide bonds. The highest BCUT2D eigenvalue weighted by Gasteiger charge is 2.47. The summed E-state index contributed by atoms with van der Waals surface area (Å²) < 4.78 is 0. The van der Waals surface area contributed by atoms with Crippen LogP contribution in [0.3, 0.4) is 0 Å². The van der Waals surface area contributed by atoms with E-state index in [2.05, 4.69) is 22.4 Å². The Morgan fingerprint density at radius 3 is 2.94 bits per heavy atom. The fraction of sp³-hybridized carbons (Fsp3) is 0.667. The van der Waals surface area contributed by atoms with Gasteiger partial charge in [-0.2, -0.15) is 5.10 Å². The maximum atomic E-state index is 12.2. The van der Waals surface area contributed by atoms with E-state index in [9.17, 15) is 4.79 Å². The quantitative estimate of drug-likeness (QED) is 0.728. The van der Waals surface area contributed by atoms with E-state index < -0.39 is 0 Å². The zero-order chi connectivity index (χ0) is 12.5. The molecule has 0 spiro atoms. The van der Waals surface area contributed by atoms with Crippen molar-refractivity contribution < 1.29 is 4.79 Å². The van der Waals surface area contributed by atoms with Crippen LogP contribution in [0.4, 0.5) is 0 Å². The number of nitrogens with zero attached hydrogens (tertiary/aromatic N) is 1. The van der Waals surface area contributed by atoms with E-state index in [1.54, 1.807) is 12.4 Å². The largest absolute Gasteiger partial charge is 0.349 e. The molecule has 1 fully saturated rings. The van der Waals surface area contributed by atoms with Crippen molar-refractivity contribution in [3.8, 4) is 0 Å². The molecule has 0 saturated heterocycles. The Balaban J connectivity index is 1.97. The molecule has 1 aromatic heterocycles. The van der Waals surface area contributed by atoms with Gasteiger partial charge in [-0.1, -0.05) is 6.92 Å². The third-order valence-corrected chi connectivity index (χ3v) is 3.72. The minimum atomic E-state index is -0.336. The van der Waals surface area contributed by atoms with Gasteiger partial charge in [-0.3, -0.25) is 9.89 Å². The summed E-state index contributed by atoms with van der Waals surface area (Å²) in [5.41, 5.74) is 6.40. The van der Waals surface area contributed by atoms with E-state index in [-0.39, 0.29) is 17.4 Å². The van der Waals surface area contributed by atoms with Crippen LogP contribution in [-0.4, -0.2) is 22.6 Å². The molecule has 1 saturated carbocycles. The lowest BCUT2D eigenvalue weighted by atomic mass is 9.62. The van der Waals surface area contributed by atoms with E-state index in [4.69, 9.17) is 5.73 Å². The van der Waals surface area contributed by atoms with Gasteiger partial charge in [0.15, 0.2) is 0 Å². The number of H-pyrrole nitrogens is 1. The second-order valence-electron chi connectivity index (χ2n) is 5.22. The second-order valence-corrected chi connectivity index (χ2v) is 5.22. The van der Waals surface area contributed by atoms with Gasteiger partial charge in [0, 0.05) is 18.3 Å². The topological polar surface area (TPSA) is 83.8 Å². The molecule has 0 aromatic carbocycles. The zero-order valence-corrected chi connectivity index (χ0v) is 10.4. The summed E-state index contributed by atoms with van der Waals surface area (Å²) in [4.78, 5) is 12.2. The maximum Gasteiger partial charge on any atom is 0.227 e. The SMILES string of the molecule is CC1CC(CN)(C(=O)NC(C)c2cn[nH]c2)C1. The molecule has 17 heavy (non-hydrogen) atoms. The monoisotopic (exact) mass is 236 g/mol. The smallest absolute Gasteiger partial charge is 0.227 e. The Labute approximate surface area is 101 Å². The number of nitrogens with two attached hydrogens (primary N) is 1. The maximum absolute atomic E-state index is 12.2. The van der Waals surface area contributed by atoms with Gasteiger partial charge >= 0.3 is 0 Å². The summed E-state index contributed by atoms with van der Waals surface area (Å²) >= 11 is 0. The predicted molar refractivity (Wildman–Crippen MR) is 65.0 cm³/mol. The predicted octanol–water partition coefficient (Wildman–Crippen LogP) is 0.962. The zero-order valence-electron chi connectivity index (χ0n) is 10.4. The van der Waals surface area contributed by atoms with Crippen LogP contribution in [0.15, 0.2) is 12.4 Å². The van der Waals surface area contributed by atoms with Crippen LogP contribution in [0.5, 0.6) is 0 Å². The van der Waals surface area contributed by atoms with Crippen molar-refractivity contribution in [2.45, 2.75) is 32.7 Å². The van der Waals surface area contributed by atoms with E-state index in [0.29, 0.717) is 12.5 Å². The third-order valence-electron chi connectivity index (χ3n) is 3.72. The van der Waals surface area contributed by atoms with Gasteiger partial charge in [-0.05, 0) is 25.7 Å². The standard InChI is InChI=1S/C12H20N4O/c1-8-3-12(4-8,7-13)11(17)16-9(2)10-5-14-15-6-10/h5-6,8-9H,3-4,7,13H2,1-2H3,(H,14,15)(H,16,17). The van der Waals surface area contributed by atoms with Crippen LogP contribution in [0.1, 0.15) is 38.3 Å². The molecular weight excluding hydrogens is 216 g/mol. The van der Waals surface area contributed by atoms with Crippen LogP contribution >= 0.6 is 0 Å². The number of rotatable bonds is 4. The van der Waals surface area contributed by atoms with Crippen LogP contribution in [0.25, 0.3) is 0 Å². The number of carbonyl (C=O) groups is 1. The summed E-state index contributed by atoms with van der Waals surface area (Å²) in [5.74, 6) is 0.681. The third kappa shape index (κ3) is 2.20. The lowest BCUT2D eigenvalue weighted by Gasteiger charge is -2.44. The number of aromatic nitrogens is 2. The van der Waals surface area contributed by atoms with Crippen LogP contribution in [-0.2, 0) is 4.79 Å². The van der Waals surface area contributed by atoms with Gasteiger partial charge < -0.3 is 11.1 Å². The summed E-state index contributed by atoms with van der Waals surface area (Å²) in [6.45, 7) is 4.54. The number of carbonyl (C=O) groups excluding carboxylic acids is 1. The van der Waals surface area contributed by atoms with Gasteiger partial charge in [0.2, 0.25) is 5.91 Å². The fourth-order valence-electron chi connectivity index (χ4n) is 2.65. The number of amides is 1. The Bertz CT molecular complexity index is 381. The van der Waals surface area contributed by atoms with Crippen molar-refractivity contribution in [3.05, 3.63) is 18.0 Å². The Morgan fingerprint density at radius 1 is 1.76 bits per heavy atom. The molecule has 0 bridgehead atoms. The molecule has 4 N–H and O–H groups in total. The van der Waals surface area contributed by atoms with Gasteiger partial charge in [0.25, 0.3) is 0 Å². The average Bonchev–Trinajstić information content (AvgIpc) is 2.77. The lowest BCUT2D eigenvalue weighted by Crippen LogP contribution is -2.53. The highest BCUT2D eigenvalue weighted by Crippen LogP contribution is 2.45. The van der Waals surface area contributed by atoms with E-state index in [0.717, 1.165) is 18.4 Å². The van der Waals surface area contributed by atoms with Crippen LogP contribution in [0.2, 0.25) is 0 Å². The van der Waals surface area contributed by atoms with Gasteiger partial charge in [0.05, 0.1) is 17.7 Å². The molecule has 5 heteroatoms. The molecule has 0 radical (unpaired) electrons. The van der Waals surface area contributed by atoms with E-state index in [1.165, 1.54) is 0 Å². The second kappa shape index (κ2) is 4.49. The molecule has 1 unspecified atom stereocenters. The molecule has 1 heterocycles. The average molecular weight is 236 g/mol. The molecular formula is C12H20N4O. The number of nitrogens with one attached hydrogen (secondary N) is 2. The van der Waals surface area contributed by atoms with Crippen molar-refractivity contribution in [2.75, 3.05) is 6.54 Å². The number of hydrogen-bond acceptors (Lipinski definition) is 3. The van der Waals surface area contributed by atoms with Crippen molar-refractivity contribution >= 4 is 5.91 Å². The first-order valence-electron chi connectivity index (χ1n) is 6.07. The first-order valence-corrected chi connectivity index (χ1v) is 6.07. The summed E-state index contributed by atoms with van der Waals surface area (Å²) in [5, 5.41) is 9.64. The molecule has 1 aromatic rings. The van der Waals surface area contributed by atoms with Crippen LogP contribution in [0, 0.1) is 11.3 Å². The molecule has 5 nitrogen and oxygen atoms in total. The molecule has 0 aliphatic heterocycles. The minimum Gasteiger partial charge on any atom is -0.349 e. The molecule has 94 valence electrons. The Kier molecular flexibility index (Phi) is 3.19. The normalized spacial score (nSPS) is 29.5. The lowest BCUT2D eigenvalue weighted by molar-refractivity contribution is -0.138. The first kappa shape index (κ1) is 12.1. The Morgan fingerprint density at radius 2 is 2.47 bits per heavy atom. The molecule has 1 aliphatic carbocycles. The highest BCUT2D eigenvalue weighted by molar-refractivity contribution is 5.84. The number of hydrogen-bond donors (Lipinski definition) is 3. The Hall–Kier alpha value is -1.36. The highest BCUT2D eigenvalue weighted by atomic mass is 16.2. The van der Waals surface area contributed by atoms with Gasteiger partial charge in [0.1, 0.15) is 0 Å². The van der Waals surface area contributed by atoms with E-state index in [1.807, 2.05) is 6.92 Å². The summed E-state index contributed by atoms with van der Waals surface area (Å²) in [7, 11) is 0. The van der Waals surface area contributed by atoms with Crippen molar-refractivity contribution in [1.82, 2.24) is 15.5 Å². The molecule has 1 aliphatic rings. The first-order chi connectivity index (χ1) is 8.07.